The van der Waals surface area contributed by atoms with Crippen molar-refractivity contribution in [3.05, 3.63) is 0 Å². The van der Waals surface area contributed by atoms with Crippen LogP contribution in [0.2, 0.25) is 0 Å². The van der Waals surface area contributed by atoms with Gasteiger partial charge >= 0.3 is 35.5 Å². The molecule has 0 aromatic carbocycles. The number of nitrogens with one attached hydrogen (secondary N) is 1. The van der Waals surface area contributed by atoms with Crippen LogP contribution in [0.5, 0.6) is 0 Å². The molecular weight excluding hydrogens is 329 g/mol. The van der Waals surface area contributed by atoms with Gasteiger partial charge in [-0.2, -0.15) is 12.6 Å². The molecule has 0 aliphatic rings. The topological polar surface area (TPSA) is 49.3 Å². The molecular formula is C19H40NNaO2S. The molecule has 0 saturated heterocycles. The Balaban J connectivity index is -0.00000242. The first-order valence-corrected chi connectivity index (χ1v) is 10.4. The van der Waals surface area contributed by atoms with Crippen molar-refractivity contribution in [2.75, 3.05) is 12.3 Å². The second-order valence-corrected chi connectivity index (χ2v) is 6.99. The van der Waals surface area contributed by atoms with Gasteiger partial charge in [0.2, 0.25) is 0 Å². The Hall–Kier alpha value is 0.780. The quantitative estimate of drug-likeness (QED) is 0.198. The molecule has 0 heterocycles. The predicted octanol–water partition coefficient (Wildman–Crippen LogP) is 2.56. The molecule has 5 heteroatoms. The van der Waals surface area contributed by atoms with Crippen molar-refractivity contribution in [2.45, 2.75) is 103 Å². The molecule has 140 valence electrons. The van der Waals surface area contributed by atoms with Gasteiger partial charge in [-0.05, 0) is 13.0 Å². The number of carbonyl (C=O) groups is 1. The average Bonchev–Trinajstić information content (AvgIpc) is 2.54. The van der Waals surface area contributed by atoms with Crippen molar-refractivity contribution < 1.29 is 40.9 Å². The molecule has 0 bridgehead atoms. The molecule has 3 nitrogen and oxygen atoms in total. The Kier molecular flexibility index (Phi) is 24.6. The molecule has 0 aromatic rings. The number of hydrogen-bond donors (Lipinski definition) is 3. The normalized spacial score (nSPS) is 11.9. The molecule has 24 heavy (non-hydrogen) atoms. The molecule has 1 atom stereocenters. The van der Waals surface area contributed by atoms with E-state index in [0.717, 1.165) is 13.0 Å². The van der Waals surface area contributed by atoms with E-state index < -0.39 is 12.0 Å². The van der Waals surface area contributed by atoms with Gasteiger partial charge in [0.05, 0.1) is 0 Å². The SMILES string of the molecule is CCCCCCCCCCCCCCCCNC(CS)C(=O)O.[H-].[Na+]. The van der Waals surface area contributed by atoms with E-state index >= 15 is 0 Å². The fourth-order valence-electron chi connectivity index (χ4n) is 2.83. The molecule has 2 N–H and O–H groups in total. The number of aliphatic carboxylic acids is 1. The molecule has 0 aliphatic heterocycles. The van der Waals surface area contributed by atoms with Crippen LogP contribution < -0.4 is 34.9 Å². The minimum absolute atomic E-state index is 0. The Bertz CT molecular complexity index is 274. The molecule has 1 unspecified atom stereocenters. The number of unbranched alkanes of at least 4 members (excludes halogenated alkanes) is 13. The summed E-state index contributed by atoms with van der Waals surface area (Å²) < 4.78 is 0. The molecule has 0 amide bonds. The number of hydrogen-bond acceptors (Lipinski definition) is 3. The Morgan fingerprint density at radius 3 is 1.58 bits per heavy atom. The van der Waals surface area contributed by atoms with Crippen molar-refractivity contribution in [2.24, 2.45) is 0 Å². The van der Waals surface area contributed by atoms with Crippen LogP contribution in [-0.4, -0.2) is 29.4 Å². The molecule has 0 aliphatic carbocycles. The van der Waals surface area contributed by atoms with Gasteiger partial charge in [-0.1, -0.05) is 90.4 Å². The molecule has 0 saturated carbocycles. The van der Waals surface area contributed by atoms with Crippen LogP contribution in [0.3, 0.4) is 0 Å². The summed E-state index contributed by atoms with van der Waals surface area (Å²) in [5.74, 6) is -0.445. The Morgan fingerprint density at radius 1 is 0.875 bits per heavy atom. The van der Waals surface area contributed by atoms with Gasteiger partial charge in [-0.15, -0.1) is 0 Å². The van der Waals surface area contributed by atoms with E-state index in [1.165, 1.54) is 83.5 Å². The zero-order valence-corrected chi connectivity index (χ0v) is 19.1. The van der Waals surface area contributed by atoms with Crippen LogP contribution in [0, 0.1) is 0 Å². The summed E-state index contributed by atoms with van der Waals surface area (Å²) in [6.45, 7) is 3.06. The zero-order valence-electron chi connectivity index (χ0n) is 17.2. The van der Waals surface area contributed by atoms with Gasteiger partial charge in [-0.3, -0.25) is 4.79 Å². The van der Waals surface area contributed by atoms with Crippen LogP contribution >= 0.6 is 12.6 Å². The van der Waals surface area contributed by atoms with Crippen LogP contribution in [-0.2, 0) is 4.79 Å². The van der Waals surface area contributed by atoms with Crippen molar-refractivity contribution in [3.63, 3.8) is 0 Å². The first kappa shape index (κ1) is 27.0. The maximum Gasteiger partial charge on any atom is 1.00 e. The zero-order chi connectivity index (χ0) is 17.2. The van der Waals surface area contributed by atoms with E-state index in [2.05, 4.69) is 24.9 Å². The first-order chi connectivity index (χ1) is 11.2. The van der Waals surface area contributed by atoms with E-state index in [1.54, 1.807) is 0 Å². The van der Waals surface area contributed by atoms with Crippen molar-refractivity contribution >= 4 is 18.6 Å². The molecule has 0 fully saturated rings. The smallest absolute Gasteiger partial charge is 1.00 e. The van der Waals surface area contributed by atoms with Gasteiger partial charge < -0.3 is 11.8 Å². The van der Waals surface area contributed by atoms with E-state index in [-0.39, 0.29) is 31.0 Å². The van der Waals surface area contributed by atoms with Gasteiger partial charge in [-0.25, -0.2) is 0 Å². The van der Waals surface area contributed by atoms with Gasteiger partial charge in [0, 0.05) is 5.75 Å². The third-order valence-electron chi connectivity index (χ3n) is 4.40. The second-order valence-electron chi connectivity index (χ2n) is 6.62. The Labute approximate surface area is 179 Å². The maximum absolute atomic E-state index is 10.8. The Morgan fingerprint density at radius 2 is 1.25 bits per heavy atom. The second kappa shape index (κ2) is 21.8. The summed E-state index contributed by atoms with van der Waals surface area (Å²) in [7, 11) is 0. The third kappa shape index (κ3) is 19.1. The van der Waals surface area contributed by atoms with Crippen molar-refractivity contribution in [1.29, 1.82) is 0 Å². The summed E-state index contributed by atoms with van der Waals surface area (Å²) in [5, 5.41) is 11.9. The third-order valence-corrected chi connectivity index (χ3v) is 4.77. The minimum Gasteiger partial charge on any atom is -1.00 e. The minimum atomic E-state index is -0.801. The first-order valence-electron chi connectivity index (χ1n) is 9.79. The summed E-state index contributed by atoms with van der Waals surface area (Å²) in [6, 6.07) is -0.500. The van der Waals surface area contributed by atoms with E-state index in [0.29, 0.717) is 5.75 Å². The van der Waals surface area contributed by atoms with Gasteiger partial charge in [0.1, 0.15) is 6.04 Å². The standard InChI is InChI=1S/C19H39NO2S.Na.H/c1-2-3-4-5-6-7-8-9-10-11-12-13-14-15-16-20-18(17-23)19(21)22;;/h18,20,23H,2-17H2,1H3,(H,21,22);;/q;+1;-1. The summed E-state index contributed by atoms with van der Waals surface area (Å²) in [5.41, 5.74) is 0. The van der Waals surface area contributed by atoms with Crippen LogP contribution in [0.25, 0.3) is 0 Å². The van der Waals surface area contributed by atoms with Crippen LogP contribution in [0.1, 0.15) is 98.2 Å². The summed E-state index contributed by atoms with van der Waals surface area (Å²) >= 11 is 4.04. The van der Waals surface area contributed by atoms with Gasteiger partial charge in [0.15, 0.2) is 0 Å². The van der Waals surface area contributed by atoms with E-state index in [9.17, 15) is 4.79 Å². The fourth-order valence-corrected chi connectivity index (χ4v) is 3.11. The van der Waals surface area contributed by atoms with Crippen molar-refractivity contribution in [3.8, 4) is 0 Å². The monoisotopic (exact) mass is 369 g/mol. The van der Waals surface area contributed by atoms with E-state index in [1.807, 2.05) is 0 Å². The number of carboxylic acid groups (broad SMARTS) is 1. The van der Waals surface area contributed by atoms with Crippen LogP contribution in [0.4, 0.5) is 0 Å². The summed E-state index contributed by atoms with van der Waals surface area (Å²) in [4.78, 5) is 10.8. The van der Waals surface area contributed by atoms with E-state index in [4.69, 9.17) is 5.11 Å². The van der Waals surface area contributed by atoms with Crippen LogP contribution in [0.15, 0.2) is 0 Å². The summed E-state index contributed by atoms with van der Waals surface area (Å²) in [6.07, 6.45) is 18.9. The number of rotatable bonds is 18. The largest absolute Gasteiger partial charge is 1.00 e. The number of thiol groups is 1. The molecule has 0 aromatic heterocycles. The fraction of sp³-hybridized carbons (Fsp3) is 0.947. The number of carboxylic acids is 1. The van der Waals surface area contributed by atoms with Gasteiger partial charge in [0.25, 0.3) is 0 Å². The average molecular weight is 370 g/mol. The van der Waals surface area contributed by atoms with Crippen molar-refractivity contribution in [1.82, 2.24) is 5.32 Å². The molecule has 0 rings (SSSR count). The maximum atomic E-state index is 10.8. The predicted molar refractivity (Wildman–Crippen MR) is 105 cm³/mol. The molecule has 0 radical (unpaired) electrons. The molecule has 0 spiro atoms.